The Morgan fingerprint density at radius 2 is 1.85 bits per heavy atom. The van der Waals surface area contributed by atoms with Crippen LogP contribution in [0.25, 0.3) is 0 Å². The van der Waals surface area contributed by atoms with E-state index in [1.807, 2.05) is 0 Å². The van der Waals surface area contributed by atoms with Crippen molar-refractivity contribution in [2.45, 2.75) is 20.0 Å². The molecule has 1 N–H and O–H groups in total. The van der Waals surface area contributed by atoms with Gasteiger partial charge in [0.05, 0.1) is 23.3 Å². The van der Waals surface area contributed by atoms with Gasteiger partial charge in [0, 0.05) is 11.6 Å². The molecule has 136 valence electrons. The van der Waals surface area contributed by atoms with E-state index < -0.39 is 22.9 Å². The molecule has 0 saturated carbocycles. The summed E-state index contributed by atoms with van der Waals surface area (Å²) in [5, 5.41) is 13.6. The third kappa shape index (κ3) is 4.15. The average Bonchev–Trinajstić information content (AvgIpc) is 2.61. The molecule has 0 aromatic heterocycles. The van der Waals surface area contributed by atoms with Gasteiger partial charge in [0.15, 0.2) is 6.10 Å². The highest BCUT2D eigenvalue weighted by Gasteiger charge is 2.23. The number of para-hydroxylation sites is 2. The second-order valence-electron chi connectivity index (χ2n) is 5.44. The minimum atomic E-state index is -1.11. The molecule has 2 aromatic carbocycles. The fraction of sp³-hybridized carbons (Fsp3) is 0.222. The topological polar surface area (TPSA) is 108 Å². The number of methoxy groups -OCH3 is 1. The number of hydrogen-bond donors (Lipinski definition) is 1. The summed E-state index contributed by atoms with van der Waals surface area (Å²) >= 11 is 0. The van der Waals surface area contributed by atoms with Crippen molar-refractivity contribution in [2.75, 3.05) is 12.4 Å². The zero-order chi connectivity index (χ0) is 19.3. The van der Waals surface area contributed by atoms with Gasteiger partial charge in [-0.25, -0.2) is 4.79 Å². The van der Waals surface area contributed by atoms with Crippen LogP contribution < -0.4 is 10.1 Å². The van der Waals surface area contributed by atoms with Crippen molar-refractivity contribution in [1.82, 2.24) is 0 Å². The second-order valence-corrected chi connectivity index (χ2v) is 5.44. The molecule has 2 rings (SSSR count). The Morgan fingerprint density at radius 1 is 1.15 bits per heavy atom. The maximum Gasteiger partial charge on any atom is 0.339 e. The Labute approximate surface area is 149 Å². The molecule has 0 unspecified atom stereocenters. The van der Waals surface area contributed by atoms with E-state index in [1.54, 1.807) is 24.3 Å². The van der Waals surface area contributed by atoms with E-state index >= 15 is 0 Å². The second kappa shape index (κ2) is 8.11. The Morgan fingerprint density at radius 3 is 2.50 bits per heavy atom. The number of carbonyl (C=O) groups is 2. The third-order valence-electron chi connectivity index (χ3n) is 3.74. The number of benzene rings is 2. The summed E-state index contributed by atoms with van der Waals surface area (Å²) in [6.07, 6.45) is -1.11. The quantitative estimate of drug-likeness (QED) is 0.483. The molecule has 0 heterocycles. The Balaban J connectivity index is 2.11. The van der Waals surface area contributed by atoms with E-state index in [1.165, 1.54) is 39.2 Å². The van der Waals surface area contributed by atoms with Crippen LogP contribution >= 0.6 is 0 Å². The lowest BCUT2D eigenvalue weighted by Crippen LogP contribution is -2.30. The number of rotatable bonds is 6. The first kappa shape index (κ1) is 18.9. The Kier molecular flexibility index (Phi) is 5.90. The first-order valence-corrected chi connectivity index (χ1v) is 7.74. The molecule has 1 amide bonds. The predicted octanol–water partition coefficient (Wildman–Crippen LogP) is 3.10. The van der Waals surface area contributed by atoms with Crippen LogP contribution in [0.2, 0.25) is 0 Å². The maximum absolute atomic E-state index is 12.3. The molecular weight excluding hydrogens is 340 g/mol. The van der Waals surface area contributed by atoms with E-state index in [4.69, 9.17) is 9.47 Å². The number of amides is 1. The largest absolute Gasteiger partial charge is 0.495 e. The molecule has 0 bridgehead atoms. The van der Waals surface area contributed by atoms with Crippen molar-refractivity contribution in [2.24, 2.45) is 0 Å². The van der Waals surface area contributed by atoms with Crippen molar-refractivity contribution in [3.63, 3.8) is 0 Å². The molecule has 0 spiro atoms. The fourth-order valence-corrected chi connectivity index (χ4v) is 2.30. The average molecular weight is 358 g/mol. The lowest BCUT2D eigenvalue weighted by molar-refractivity contribution is -0.385. The zero-order valence-electron chi connectivity index (χ0n) is 14.5. The summed E-state index contributed by atoms with van der Waals surface area (Å²) in [4.78, 5) is 34.9. The first-order chi connectivity index (χ1) is 12.3. The van der Waals surface area contributed by atoms with Gasteiger partial charge >= 0.3 is 5.97 Å². The molecule has 2 aromatic rings. The molecule has 1 atom stereocenters. The number of nitrogens with zero attached hydrogens (tertiary/aromatic N) is 1. The normalized spacial score (nSPS) is 11.3. The minimum Gasteiger partial charge on any atom is -0.495 e. The molecule has 26 heavy (non-hydrogen) atoms. The lowest BCUT2D eigenvalue weighted by atomic mass is 10.1. The van der Waals surface area contributed by atoms with Crippen LogP contribution in [0.5, 0.6) is 5.75 Å². The number of nitro groups is 1. The van der Waals surface area contributed by atoms with Gasteiger partial charge in [-0.2, -0.15) is 0 Å². The van der Waals surface area contributed by atoms with Crippen LogP contribution in [0, 0.1) is 17.0 Å². The predicted molar refractivity (Wildman–Crippen MR) is 94.3 cm³/mol. The standard InChI is InChI=1S/C18H18N2O6/c1-11-13(7-6-9-15(11)20(23)24)18(22)26-12(2)17(21)19-14-8-4-5-10-16(14)25-3/h4-10,12H,1-3H3,(H,19,21)/t12-/m0/s1. The number of nitro benzene ring substituents is 1. The summed E-state index contributed by atoms with van der Waals surface area (Å²) in [5.41, 5.74) is 0.469. The van der Waals surface area contributed by atoms with Crippen LogP contribution in [0.4, 0.5) is 11.4 Å². The van der Waals surface area contributed by atoms with Crippen molar-refractivity contribution >= 4 is 23.3 Å². The van der Waals surface area contributed by atoms with Gasteiger partial charge in [0.25, 0.3) is 11.6 Å². The summed E-state index contributed by atoms with van der Waals surface area (Å²) in [6.45, 7) is 2.86. The van der Waals surface area contributed by atoms with Gasteiger partial charge in [-0.05, 0) is 32.0 Å². The van der Waals surface area contributed by atoms with E-state index in [-0.39, 0.29) is 16.8 Å². The SMILES string of the molecule is COc1ccccc1NC(=O)[C@H](C)OC(=O)c1cccc([N+](=O)[O-])c1C. The van der Waals surface area contributed by atoms with E-state index in [0.29, 0.717) is 11.4 Å². The summed E-state index contributed by atoms with van der Waals surface area (Å²) in [7, 11) is 1.47. The summed E-state index contributed by atoms with van der Waals surface area (Å²) < 4.78 is 10.3. The van der Waals surface area contributed by atoms with Crippen LogP contribution in [0.3, 0.4) is 0 Å². The van der Waals surface area contributed by atoms with E-state index in [2.05, 4.69) is 5.32 Å². The Hall–Kier alpha value is -3.42. The van der Waals surface area contributed by atoms with E-state index in [9.17, 15) is 19.7 Å². The first-order valence-electron chi connectivity index (χ1n) is 7.74. The highest BCUT2D eigenvalue weighted by Crippen LogP contribution is 2.24. The lowest BCUT2D eigenvalue weighted by Gasteiger charge is -2.15. The minimum absolute atomic E-state index is 0.0381. The number of esters is 1. The highest BCUT2D eigenvalue weighted by atomic mass is 16.6. The molecule has 0 aliphatic heterocycles. The van der Waals surface area contributed by atoms with Crippen molar-refractivity contribution in [3.8, 4) is 5.75 Å². The molecule has 0 radical (unpaired) electrons. The number of anilines is 1. The molecule has 8 nitrogen and oxygen atoms in total. The highest BCUT2D eigenvalue weighted by molar-refractivity contribution is 5.98. The Bertz CT molecular complexity index is 849. The van der Waals surface area contributed by atoms with Crippen molar-refractivity contribution < 1.29 is 24.0 Å². The fourth-order valence-electron chi connectivity index (χ4n) is 2.30. The summed E-state index contributed by atoms with van der Waals surface area (Å²) in [6, 6.07) is 10.9. The monoisotopic (exact) mass is 358 g/mol. The molecule has 0 aliphatic rings. The summed E-state index contributed by atoms with van der Waals surface area (Å²) in [5.74, 6) is -0.895. The van der Waals surface area contributed by atoms with Gasteiger partial charge < -0.3 is 14.8 Å². The third-order valence-corrected chi connectivity index (χ3v) is 3.74. The number of ether oxygens (including phenoxy) is 2. The van der Waals surface area contributed by atoms with Gasteiger partial charge in [-0.3, -0.25) is 14.9 Å². The molecule has 8 heteroatoms. The number of carbonyl (C=O) groups excluding carboxylic acids is 2. The van der Waals surface area contributed by atoms with Crippen LogP contribution in [-0.2, 0) is 9.53 Å². The van der Waals surface area contributed by atoms with Crippen LogP contribution in [0.1, 0.15) is 22.8 Å². The molecule has 0 saturated heterocycles. The smallest absolute Gasteiger partial charge is 0.339 e. The maximum atomic E-state index is 12.3. The van der Waals surface area contributed by atoms with Gasteiger partial charge in [-0.15, -0.1) is 0 Å². The number of hydrogen-bond acceptors (Lipinski definition) is 6. The molecular formula is C18H18N2O6. The van der Waals surface area contributed by atoms with Gasteiger partial charge in [0.2, 0.25) is 0 Å². The van der Waals surface area contributed by atoms with E-state index in [0.717, 1.165) is 0 Å². The van der Waals surface area contributed by atoms with Gasteiger partial charge in [0.1, 0.15) is 5.75 Å². The zero-order valence-corrected chi connectivity index (χ0v) is 14.5. The van der Waals surface area contributed by atoms with Gasteiger partial charge in [-0.1, -0.05) is 18.2 Å². The van der Waals surface area contributed by atoms with Crippen LogP contribution in [0.15, 0.2) is 42.5 Å². The molecule has 0 aliphatic carbocycles. The number of nitrogens with one attached hydrogen (secondary N) is 1. The van der Waals surface area contributed by atoms with Crippen molar-refractivity contribution in [1.29, 1.82) is 0 Å². The van der Waals surface area contributed by atoms with Crippen molar-refractivity contribution in [3.05, 3.63) is 63.7 Å². The molecule has 0 fully saturated rings. The van der Waals surface area contributed by atoms with Crippen LogP contribution in [-0.4, -0.2) is 30.0 Å².